The Bertz CT molecular complexity index is 1490. The zero-order valence-corrected chi connectivity index (χ0v) is 23.0. The predicted octanol–water partition coefficient (Wildman–Crippen LogP) is 4.06. The predicted molar refractivity (Wildman–Crippen MR) is 144 cm³/mol. The molecule has 0 saturated carbocycles. The summed E-state index contributed by atoms with van der Waals surface area (Å²) in [5.74, 6) is -5.42. The maximum absolute atomic E-state index is 13.2. The lowest BCUT2D eigenvalue weighted by Gasteiger charge is -2.46. The summed E-state index contributed by atoms with van der Waals surface area (Å²) in [4.78, 5) is 54.1. The molecular formula is C28H26F6N4O6. The average molecular weight is 629 g/mol. The van der Waals surface area contributed by atoms with Gasteiger partial charge in [0.1, 0.15) is 0 Å². The Morgan fingerprint density at radius 3 is 1.98 bits per heavy atom. The van der Waals surface area contributed by atoms with Gasteiger partial charge in [0.2, 0.25) is 5.91 Å². The zero-order chi connectivity index (χ0) is 32.9. The molecule has 1 atom stereocenters. The van der Waals surface area contributed by atoms with Crippen molar-refractivity contribution >= 4 is 40.3 Å². The number of carbonyl (C=O) groups excluding carboxylic acids is 2. The number of carboxylic acid groups (broad SMARTS) is 2. The molecule has 2 aliphatic rings. The molecule has 0 aliphatic carbocycles. The van der Waals surface area contributed by atoms with Gasteiger partial charge in [0, 0.05) is 36.9 Å². The van der Waals surface area contributed by atoms with Crippen molar-refractivity contribution in [3.05, 3.63) is 72.4 Å². The van der Waals surface area contributed by atoms with Gasteiger partial charge in [-0.05, 0) is 37.7 Å². The van der Waals surface area contributed by atoms with Crippen LogP contribution in [-0.2, 0) is 14.4 Å². The molecule has 2 saturated heterocycles. The van der Waals surface area contributed by atoms with Crippen LogP contribution in [0.5, 0.6) is 0 Å². The second kappa shape index (κ2) is 13.3. The number of likely N-dealkylation sites (tertiary alicyclic amines) is 1. The maximum Gasteiger partial charge on any atom is 0.490 e. The molecule has 10 nitrogen and oxygen atoms in total. The number of alkyl halides is 6. The summed E-state index contributed by atoms with van der Waals surface area (Å²) in [6.07, 6.45) is -7.66. The van der Waals surface area contributed by atoms with E-state index < -0.39 is 24.3 Å². The van der Waals surface area contributed by atoms with E-state index in [4.69, 9.17) is 19.8 Å². The highest BCUT2D eigenvalue weighted by atomic mass is 19.4. The number of halogens is 6. The number of rotatable bonds is 2. The van der Waals surface area contributed by atoms with E-state index in [9.17, 15) is 35.9 Å². The van der Waals surface area contributed by atoms with Crippen molar-refractivity contribution in [2.45, 2.75) is 24.3 Å². The molecule has 3 aromatic rings. The molecule has 16 heteroatoms. The van der Waals surface area contributed by atoms with Crippen molar-refractivity contribution in [1.82, 2.24) is 14.8 Å². The molecule has 236 valence electrons. The highest BCUT2D eigenvalue weighted by molar-refractivity contribution is 5.98. The molecule has 1 unspecified atom stereocenters. The number of fused-ring (bicyclic) bond motifs is 1. The van der Waals surface area contributed by atoms with Crippen molar-refractivity contribution < 1.29 is 55.7 Å². The number of amides is 2. The van der Waals surface area contributed by atoms with Gasteiger partial charge in [0.25, 0.3) is 5.91 Å². The molecule has 0 radical (unpaired) electrons. The summed E-state index contributed by atoms with van der Waals surface area (Å²) in [6, 6.07) is 19.5. The van der Waals surface area contributed by atoms with E-state index in [1.165, 1.54) is 0 Å². The fourth-order valence-electron chi connectivity index (χ4n) is 4.64. The highest BCUT2D eigenvalue weighted by Crippen LogP contribution is 2.34. The van der Waals surface area contributed by atoms with Crippen LogP contribution in [0.2, 0.25) is 0 Å². The summed E-state index contributed by atoms with van der Waals surface area (Å²) >= 11 is 0. The van der Waals surface area contributed by atoms with Gasteiger partial charge >= 0.3 is 24.3 Å². The monoisotopic (exact) mass is 628 g/mol. The molecule has 0 bridgehead atoms. The minimum absolute atomic E-state index is 0.00156. The molecule has 1 spiro atoms. The number of likely N-dealkylation sites (N-methyl/N-ethyl adjacent to an activating group) is 1. The van der Waals surface area contributed by atoms with Crippen molar-refractivity contribution in [3.63, 3.8) is 0 Å². The van der Waals surface area contributed by atoms with E-state index in [2.05, 4.69) is 9.88 Å². The number of aliphatic carboxylic acids is 2. The molecule has 2 aromatic carbocycles. The minimum atomic E-state index is -5.08. The molecule has 1 aromatic heterocycles. The lowest BCUT2D eigenvalue weighted by molar-refractivity contribution is -0.193. The fourth-order valence-corrected chi connectivity index (χ4v) is 4.64. The molecule has 44 heavy (non-hydrogen) atoms. The third kappa shape index (κ3) is 8.21. The van der Waals surface area contributed by atoms with Crippen molar-refractivity contribution in [3.8, 4) is 0 Å². The van der Waals surface area contributed by atoms with Crippen LogP contribution in [-0.4, -0.2) is 99.9 Å². The Hall–Kier alpha value is -4.73. The molecule has 2 fully saturated rings. The Kier molecular flexibility index (Phi) is 10.2. The van der Waals surface area contributed by atoms with Crippen molar-refractivity contribution in [2.24, 2.45) is 0 Å². The van der Waals surface area contributed by atoms with Crippen LogP contribution in [0.15, 0.2) is 66.9 Å². The Labute approximate surface area is 246 Å². The van der Waals surface area contributed by atoms with E-state index in [1.807, 2.05) is 77.5 Å². The second-order valence-corrected chi connectivity index (χ2v) is 9.90. The first-order valence-electron chi connectivity index (χ1n) is 12.8. The lowest BCUT2D eigenvalue weighted by Crippen LogP contribution is -2.64. The number of hydrogen-bond acceptors (Lipinski definition) is 6. The zero-order valence-electron chi connectivity index (χ0n) is 23.0. The van der Waals surface area contributed by atoms with E-state index in [1.54, 1.807) is 6.20 Å². The summed E-state index contributed by atoms with van der Waals surface area (Å²) < 4.78 is 63.5. The fraction of sp³-hybridized carbons (Fsp3) is 0.321. The number of carbonyl (C=O) groups is 4. The quantitative estimate of drug-likeness (QED) is 0.407. The van der Waals surface area contributed by atoms with Crippen LogP contribution in [0.4, 0.5) is 32.0 Å². The van der Waals surface area contributed by atoms with E-state index in [-0.39, 0.29) is 17.4 Å². The van der Waals surface area contributed by atoms with Gasteiger partial charge in [-0.15, -0.1) is 0 Å². The summed E-state index contributed by atoms with van der Waals surface area (Å²) in [7, 11) is 1.99. The van der Waals surface area contributed by atoms with Crippen molar-refractivity contribution in [2.75, 3.05) is 38.1 Å². The highest BCUT2D eigenvalue weighted by Gasteiger charge is 2.48. The summed E-state index contributed by atoms with van der Waals surface area (Å²) in [5.41, 5.74) is 2.18. The van der Waals surface area contributed by atoms with Gasteiger partial charge in [-0.1, -0.05) is 36.4 Å². The van der Waals surface area contributed by atoms with E-state index in [0.717, 1.165) is 23.0 Å². The van der Waals surface area contributed by atoms with Gasteiger partial charge in [0.15, 0.2) is 0 Å². The SMILES string of the molecule is CN1CC(=O)N(c2ccccc2)CC12CCN(C(=O)c1cnc3ccccc3c1)C2.O=C(O)C(F)(F)F.O=C(O)C(F)(F)F. The van der Waals surface area contributed by atoms with Crippen LogP contribution >= 0.6 is 0 Å². The van der Waals surface area contributed by atoms with Gasteiger partial charge in [-0.2, -0.15) is 26.3 Å². The lowest BCUT2D eigenvalue weighted by atomic mass is 9.92. The number of piperazine rings is 1. The first-order valence-corrected chi connectivity index (χ1v) is 12.8. The smallest absolute Gasteiger partial charge is 0.475 e. The second-order valence-electron chi connectivity index (χ2n) is 9.90. The number of benzene rings is 2. The summed E-state index contributed by atoms with van der Waals surface area (Å²) in [5, 5.41) is 15.2. The molecule has 3 heterocycles. The number of hydrogen-bond donors (Lipinski definition) is 2. The standard InChI is InChI=1S/C24H24N4O2.2C2HF3O2/c1-26-15-22(29)28(20-8-3-2-4-9-20)17-24(26)11-12-27(16-24)23(30)19-13-18-7-5-6-10-21(18)25-14-19;2*3-2(4,5)1(6)7/h2-10,13-14H,11-12,15-17H2,1H3;2*(H,6,7). The number of nitrogens with zero attached hydrogens (tertiary/aromatic N) is 4. The number of para-hydroxylation sites is 2. The van der Waals surface area contributed by atoms with Crippen LogP contribution < -0.4 is 4.90 Å². The minimum Gasteiger partial charge on any atom is -0.475 e. The van der Waals surface area contributed by atoms with Crippen LogP contribution in [0.25, 0.3) is 10.9 Å². The largest absolute Gasteiger partial charge is 0.490 e. The number of carboxylic acids is 2. The third-order valence-corrected chi connectivity index (χ3v) is 6.95. The molecule has 5 rings (SSSR count). The topological polar surface area (TPSA) is 131 Å². The molecular weight excluding hydrogens is 602 g/mol. The number of pyridine rings is 1. The molecule has 2 N–H and O–H groups in total. The van der Waals surface area contributed by atoms with E-state index in [0.29, 0.717) is 31.7 Å². The molecule has 2 amide bonds. The van der Waals surface area contributed by atoms with E-state index >= 15 is 0 Å². The Morgan fingerprint density at radius 2 is 1.41 bits per heavy atom. The van der Waals surface area contributed by atoms with Crippen molar-refractivity contribution in [1.29, 1.82) is 0 Å². The van der Waals surface area contributed by atoms with Gasteiger partial charge < -0.3 is 20.0 Å². The Morgan fingerprint density at radius 1 is 0.864 bits per heavy atom. The number of anilines is 1. The van der Waals surface area contributed by atoms with Gasteiger partial charge in [0.05, 0.1) is 23.2 Å². The van der Waals surface area contributed by atoms with Gasteiger partial charge in [-0.3, -0.25) is 19.5 Å². The normalized spacial score (nSPS) is 18.8. The Balaban J connectivity index is 0.000000317. The average Bonchev–Trinajstić information content (AvgIpc) is 3.39. The summed E-state index contributed by atoms with van der Waals surface area (Å²) in [6.45, 7) is 2.22. The first kappa shape index (κ1) is 33.8. The number of aromatic nitrogens is 1. The third-order valence-electron chi connectivity index (χ3n) is 6.95. The van der Waals surface area contributed by atoms with Gasteiger partial charge in [-0.25, -0.2) is 9.59 Å². The van der Waals surface area contributed by atoms with Crippen LogP contribution in [0.3, 0.4) is 0 Å². The van der Waals surface area contributed by atoms with Crippen LogP contribution in [0, 0.1) is 0 Å². The molecule has 2 aliphatic heterocycles. The first-order chi connectivity index (χ1) is 20.4. The maximum atomic E-state index is 13.2. The van der Waals surface area contributed by atoms with Crippen LogP contribution in [0.1, 0.15) is 16.8 Å².